The molecule has 6 heterocycles. The van der Waals surface area contributed by atoms with Crippen LogP contribution in [0.2, 0.25) is 0 Å². The zero-order chi connectivity index (χ0) is 38.4. The van der Waals surface area contributed by atoms with E-state index in [1.165, 1.54) is 18.6 Å². The van der Waals surface area contributed by atoms with Gasteiger partial charge in [0.15, 0.2) is 0 Å². The second-order valence-corrected chi connectivity index (χ2v) is 14.7. The van der Waals surface area contributed by atoms with Gasteiger partial charge >= 0.3 is 0 Å². The van der Waals surface area contributed by atoms with Crippen LogP contribution >= 0.6 is 11.3 Å². The fraction of sp³-hybridized carbons (Fsp3) is 0.359. The minimum absolute atomic E-state index is 0.00335. The van der Waals surface area contributed by atoms with Crippen LogP contribution in [0.3, 0.4) is 0 Å². The average Bonchev–Trinajstić information content (AvgIpc) is 3.77. The minimum atomic E-state index is -0.966. The van der Waals surface area contributed by atoms with Gasteiger partial charge in [0.05, 0.1) is 52.6 Å². The molecule has 15 heteroatoms. The molecule has 5 aromatic rings. The van der Waals surface area contributed by atoms with Crippen LogP contribution in [0.15, 0.2) is 48.5 Å². The monoisotopic (exact) mass is 759 g/mol. The van der Waals surface area contributed by atoms with E-state index < -0.39 is 23.5 Å². The summed E-state index contributed by atoms with van der Waals surface area (Å²) < 4.78 is 60.6. The summed E-state index contributed by atoms with van der Waals surface area (Å²) in [6.07, 6.45) is 3.58. The lowest BCUT2D eigenvalue weighted by Gasteiger charge is -2.36. The van der Waals surface area contributed by atoms with Crippen molar-refractivity contribution in [3.63, 3.8) is 0 Å². The molecule has 0 radical (unpaired) electrons. The van der Waals surface area contributed by atoms with Gasteiger partial charge in [-0.2, -0.15) is 5.10 Å². The molecule has 2 amide bonds. The Morgan fingerprint density at radius 2 is 1.87 bits per heavy atom. The number of hydrogen-bond acceptors (Lipinski definition) is 9. The van der Waals surface area contributed by atoms with Gasteiger partial charge in [-0.15, -0.1) is 11.3 Å². The fourth-order valence-electron chi connectivity index (χ4n) is 7.18. The van der Waals surface area contributed by atoms with E-state index in [-0.39, 0.29) is 65.6 Å². The molecule has 7 rings (SSSR count). The number of benzene rings is 1. The maximum Gasteiger partial charge on any atom is 0.246 e. The van der Waals surface area contributed by atoms with Crippen LogP contribution in [0.25, 0.3) is 43.9 Å². The lowest BCUT2D eigenvalue weighted by molar-refractivity contribution is -0.130. The van der Waals surface area contributed by atoms with E-state index in [1.54, 1.807) is 40.8 Å². The minimum Gasteiger partial charge on any atom is -0.490 e. The first-order chi connectivity index (χ1) is 25.9. The van der Waals surface area contributed by atoms with E-state index in [1.807, 2.05) is 24.8 Å². The van der Waals surface area contributed by atoms with Crippen molar-refractivity contribution >= 4 is 33.2 Å². The molecule has 11 nitrogen and oxygen atoms in total. The molecule has 0 fully saturated rings. The normalized spacial score (nSPS) is 17.0. The molecule has 0 spiro atoms. The molecule has 4 aromatic heterocycles. The molecule has 282 valence electrons. The van der Waals surface area contributed by atoms with Crippen LogP contribution in [0, 0.1) is 17.5 Å². The molecule has 54 heavy (non-hydrogen) atoms. The molecule has 2 atom stereocenters. The second-order valence-electron chi connectivity index (χ2n) is 13.8. The predicted octanol–water partition coefficient (Wildman–Crippen LogP) is 6.43. The molecular formula is C39H40F3N7O4S. The summed E-state index contributed by atoms with van der Waals surface area (Å²) in [5.41, 5.74) is 3.87. The van der Waals surface area contributed by atoms with Gasteiger partial charge in [-0.05, 0) is 44.0 Å². The third-order valence-electron chi connectivity index (χ3n) is 9.99. The molecule has 2 aliphatic heterocycles. The SMILES string of the molecule is C=CC(=O)N1C[C@H](C)n2nc(-c3nc(-c4cnc5c(c4)CCN(CC(=O)N(C)C)C5)c4scc(F)c4c3-c3c(F)cc(F)cc3OCCOC)cc2[C@H]1C. The Morgan fingerprint density at radius 1 is 1.07 bits per heavy atom. The zero-order valence-corrected chi connectivity index (χ0v) is 31.5. The van der Waals surface area contributed by atoms with E-state index in [2.05, 4.69) is 6.58 Å². The highest BCUT2D eigenvalue weighted by atomic mass is 32.1. The van der Waals surface area contributed by atoms with Crippen molar-refractivity contribution in [3.8, 4) is 39.5 Å². The van der Waals surface area contributed by atoms with Gasteiger partial charge in [0.2, 0.25) is 11.8 Å². The Hall–Kier alpha value is -5.12. The number of fused-ring (bicyclic) bond motifs is 3. The van der Waals surface area contributed by atoms with Crippen molar-refractivity contribution in [1.29, 1.82) is 0 Å². The van der Waals surface area contributed by atoms with Gasteiger partial charge in [-0.3, -0.25) is 24.2 Å². The van der Waals surface area contributed by atoms with E-state index in [9.17, 15) is 14.0 Å². The Labute approximate surface area is 314 Å². The van der Waals surface area contributed by atoms with Crippen LogP contribution in [-0.2, 0) is 27.3 Å². The lowest BCUT2D eigenvalue weighted by atomic mass is 9.94. The molecular weight excluding hydrogens is 720 g/mol. The van der Waals surface area contributed by atoms with Crippen molar-refractivity contribution in [2.24, 2.45) is 0 Å². The summed E-state index contributed by atoms with van der Waals surface area (Å²) in [4.78, 5) is 40.4. The van der Waals surface area contributed by atoms with E-state index >= 15 is 8.78 Å². The summed E-state index contributed by atoms with van der Waals surface area (Å²) >= 11 is 1.11. The summed E-state index contributed by atoms with van der Waals surface area (Å²) in [5.74, 6) is -2.83. The number of hydrogen-bond donors (Lipinski definition) is 0. The third kappa shape index (κ3) is 6.75. The molecule has 0 saturated heterocycles. The largest absolute Gasteiger partial charge is 0.490 e. The number of nitrogens with zero attached hydrogens (tertiary/aromatic N) is 7. The van der Waals surface area contributed by atoms with Gasteiger partial charge in [-0.1, -0.05) is 6.58 Å². The first-order valence-electron chi connectivity index (χ1n) is 17.5. The standard InChI is InChI=1S/C39H40F3N7O4S/c1-7-32(50)48-17-21(2)49-30(22(48)3)15-28(45-49)38-36(34-26(41)13-25(40)14-31(34)53-11-10-52-6)35-27(42)20-54-39(35)37(44-38)24-12-23-8-9-47(18-29(23)43-16-24)19-33(51)46(4)5/h7,12-16,20-22H,1,8-11,17-19H2,2-6H3/t21-,22+/m0/s1. The van der Waals surface area contributed by atoms with Gasteiger partial charge in [0, 0.05) is 81.1 Å². The number of thiophene rings is 1. The molecule has 0 aliphatic carbocycles. The second kappa shape index (κ2) is 15.0. The maximum atomic E-state index is 16.3. The number of aromatic nitrogens is 4. The average molecular weight is 760 g/mol. The summed E-state index contributed by atoms with van der Waals surface area (Å²) in [6.45, 7) is 9.37. The van der Waals surface area contributed by atoms with Crippen molar-refractivity contribution in [3.05, 3.63) is 82.9 Å². The van der Waals surface area contributed by atoms with E-state index in [4.69, 9.17) is 24.5 Å². The molecule has 0 unspecified atom stereocenters. The van der Waals surface area contributed by atoms with E-state index in [0.29, 0.717) is 53.4 Å². The highest BCUT2D eigenvalue weighted by Gasteiger charge is 2.35. The fourth-order valence-corrected chi connectivity index (χ4v) is 8.11. The zero-order valence-electron chi connectivity index (χ0n) is 30.7. The Morgan fingerprint density at radius 3 is 2.61 bits per heavy atom. The number of rotatable bonds is 10. The number of likely N-dealkylation sites (N-methyl/N-ethyl adjacent to an activating group) is 1. The van der Waals surface area contributed by atoms with Crippen LogP contribution in [0.5, 0.6) is 5.75 Å². The van der Waals surface area contributed by atoms with E-state index in [0.717, 1.165) is 34.7 Å². The van der Waals surface area contributed by atoms with Crippen LogP contribution in [0.1, 0.15) is 42.9 Å². The van der Waals surface area contributed by atoms with Crippen LogP contribution in [0.4, 0.5) is 13.2 Å². The molecule has 0 N–H and O–H groups in total. The number of pyridine rings is 2. The first kappa shape index (κ1) is 37.2. The topological polar surface area (TPSA) is 106 Å². The number of amides is 2. The molecule has 0 bridgehead atoms. The van der Waals surface area contributed by atoms with Gasteiger partial charge in [0.25, 0.3) is 0 Å². The molecule has 0 saturated carbocycles. The molecule has 2 aliphatic rings. The Kier molecular flexibility index (Phi) is 10.3. The van der Waals surface area contributed by atoms with Crippen LogP contribution < -0.4 is 4.74 Å². The third-order valence-corrected chi connectivity index (χ3v) is 10.9. The number of carbonyl (C=O) groups excluding carboxylic acids is 2. The number of methoxy groups -OCH3 is 1. The smallest absolute Gasteiger partial charge is 0.246 e. The highest BCUT2D eigenvalue weighted by Crippen LogP contribution is 2.48. The van der Waals surface area contributed by atoms with Gasteiger partial charge in [0.1, 0.15) is 41.2 Å². The summed E-state index contributed by atoms with van der Waals surface area (Å²) in [6, 6.07) is 4.91. The van der Waals surface area contributed by atoms with Crippen molar-refractivity contribution in [1.82, 2.24) is 34.4 Å². The lowest BCUT2D eigenvalue weighted by Crippen LogP contribution is -2.42. The van der Waals surface area contributed by atoms with Crippen LogP contribution in [-0.4, -0.2) is 100 Å². The number of ether oxygens (including phenoxy) is 2. The number of carbonyl (C=O) groups is 2. The Balaban J connectivity index is 1.44. The van der Waals surface area contributed by atoms with Crippen molar-refractivity contribution in [2.75, 3.05) is 54.1 Å². The predicted molar refractivity (Wildman–Crippen MR) is 199 cm³/mol. The van der Waals surface area contributed by atoms with Crippen molar-refractivity contribution in [2.45, 2.75) is 38.9 Å². The van der Waals surface area contributed by atoms with Gasteiger partial charge in [-0.25, -0.2) is 18.2 Å². The highest BCUT2D eigenvalue weighted by molar-refractivity contribution is 7.17. The van der Waals surface area contributed by atoms with Gasteiger partial charge < -0.3 is 19.3 Å². The summed E-state index contributed by atoms with van der Waals surface area (Å²) in [5, 5.41) is 6.35. The Bertz CT molecular complexity index is 2290. The first-order valence-corrected chi connectivity index (χ1v) is 18.4. The molecule has 1 aromatic carbocycles. The van der Waals surface area contributed by atoms with Crippen molar-refractivity contribution < 1.29 is 32.2 Å². The maximum absolute atomic E-state index is 16.3. The number of halogens is 3. The quantitative estimate of drug-likeness (QED) is 0.119. The summed E-state index contributed by atoms with van der Waals surface area (Å²) in [7, 11) is 4.93.